The third-order valence-electron chi connectivity index (χ3n) is 2.21. The molecular formula is C12H14BrN3O2. The van der Waals surface area contributed by atoms with E-state index in [4.69, 9.17) is 9.15 Å². The van der Waals surface area contributed by atoms with Crippen LogP contribution in [0, 0.1) is 0 Å². The number of halogens is 1. The van der Waals surface area contributed by atoms with Crippen molar-refractivity contribution in [2.24, 2.45) is 0 Å². The lowest BCUT2D eigenvalue weighted by molar-refractivity contribution is 0.325. The Kier molecular flexibility index (Phi) is 4.58. The van der Waals surface area contributed by atoms with Gasteiger partial charge in [-0.1, -0.05) is 0 Å². The normalized spacial score (nSPS) is 10.3. The van der Waals surface area contributed by atoms with E-state index in [0.717, 1.165) is 23.4 Å². The molecule has 0 spiro atoms. The minimum absolute atomic E-state index is 0.531. The number of furan rings is 1. The summed E-state index contributed by atoms with van der Waals surface area (Å²) in [4.78, 5) is 8.32. The van der Waals surface area contributed by atoms with Gasteiger partial charge in [0.05, 0.1) is 19.0 Å². The van der Waals surface area contributed by atoms with Crippen molar-refractivity contribution in [3.05, 3.63) is 35.0 Å². The van der Waals surface area contributed by atoms with Gasteiger partial charge in [-0.2, -0.15) is 4.98 Å². The van der Waals surface area contributed by atoms with Crippen molar-refractivity contribution >= 4 is 21.7 Å². The number of nitrogens with zero attached hydrogens (tertiary/aromatic N) is 2. The Labute approximate surface area is 114 Å². The summed E-state index contributed by atoms with van der Waals surface area (Å²) in [6, 6.07) is 3.82. The molecule has 0 saturated carbocycles. The molecule has 0 radical (unpaired) electrons. The summed E-state index contributed by atoms with van der Waals surface area (Å²) in [6.45, 7) is 3.22. The fourth-order valence-electron chi connectivity index (χ4n) is 1.45. The number of rotatable bonds is 6. The molecule has 0 aliphatic carbocycles. The Morgan fingerprint density at radius 3 is 3.00 bits per heavy atom. The van der Waals surface area contributed by atoms with Crippen molar-refractivity contribution in [2.75, 3.05) is 18.5 Å². The molecule has 6 heteroatoms. The van der Waals surface area contributed by atoms with Gasteiger partial charge in [-0.05, 0) is 35.0 Å². The molecular weight excluding hydrogens is 298 g/mol. The van der Waals surface area contributed by atoms with Gasteiger partial charge >= 0.3 is 0 Å². The van der Waals surface area contributed by atoms with Crippen molar-refractivity contribution in [3.63, 3.8) is 0 Å². The van der Waals surface area contributed by atoms with E-state index >= 15 is 0 Å². The van der Waals surface area contributed by atoms with Gasteiger partial charge in [-0.25, -0.2) is 0 Å². The van der Waals surface area contributed by atoms with Gasteiger partial charge in [0, 0.05) is 13.0 Å². The number of anilines is 1. The first kappa shape index (κ1) is 12.9. The van der Waals surface area contributed by atoms with Crippen LogP contribution < -0.4 is 10.1 Å². The van der Waals surface area contributed by atoms with E-state index in [1.807, 2.05) is 19.1 Å². The van der Waals surface area contributed by atoms with Crippen molar-refractivity contribution in [2.45, 2.75) is 13.3 Å². The molecule has 2 aromatic heterocycles. The second-order valence-corrected chi connectivity index (χ2v) is 4.34. The molecule has 0 amide bonds. The predicted octanol–water partition coefficient (Wildman–Crippen LogP) is 2.89. The Bertz CT molecular complexity index is 502. The number of hydrogen-bond acceptors (Lipinski definition) is 5. The van der Waals surface area contributed by atoms with Gasteiger partial charge in [-0.3, -0.25) is 4.98 Å². The smallest absolute Gasteiger partial charge is 0.234 e. The van der Waals surface area contributed by atoms with Crippen LogP contribution >= 0.6 is 15.9 Å². The van der Waals surface area contributed by atoms with E-state index in [1.165, 1.54) is 0 Å². The van der Waals surface area contributed by atoms with E-state index in [9.17, 15) is 0 Å². The van der Waals surface area contributed by atoms with E-state index in [-0.39, 0.29) is 0 Å². The van der Waals surface area contributed by atoms with Crippen LogP contribution in [0.5, 0.6) is 5.88 Å². The van der Waals surface area contributed by atoms with Crippen LogP contribution in [0.25, 0.3) is 0 Å². The van der Waals surface area contributed by atoms with E-state index in [0.29, 0.717) is 18.3 Å². The predicted molar refractivity (Wildman–Crippen MR) is 71.8 cm³/mol. The topological polar surface area (TPSA) is 60.2 Å². The summed E-state index contributed by atoms with van der Waals surface area (Å²) in [6.07, 6.45) is 4.05. The van der Waals surface area contributed by atoms with Gasteiger partial charge < -0.3 is 14.5 Å². The summed E-state index contributed by atoms with van der Waals surface area (Å²) >= 11 is 3.27. The van der Waals surface area contributed by atoms with Gasteiger partial charge in [-0.15, -0.1) is 0 Å². The van der Waals surface area contributed by atoms with Gasteiger partial charge in [0.15, 0.2) is 4.67 Å². The molecule has 0 bridgehead atoms. The first-order valence-corrected chi connectivity index (χ1v) is 6.50. The summed E-state index contributed by atoms with van der Waals surface area (Å²) in [5.74, 6) is 2.15. The molecule has 5 nitrogen and oxygen atoms in total. The highest BCUT2D eigenvalue weighted by molar-refractivity contribution is 9.10. The molecule has 2 rings (SSSR count). The summed E-state index contributed by atoms with van der Waals surface area (Å²) < 4.78 is 11.4. The van der Waals surface area contributed by atoms with Crippen LogP contribution in [0.4, 0.5) is 5.82 Å². The van der Waals surface area contributed by atoms with Crippen LogP contribution in [0.1, 0.15) is 12.7 Å². The standard InChI is InChI=1S/C12H14BrN3O2/c1-2-17-12-8-14-7-11(16-12)15-6-5-9-3-4-10(13)18-9/h3-4,7-8H,2,5-6H2,1H3,(H,15,16). The zero-order valence-electron chi connectivity index (χ0n) is 10.0. The fraction of sp³-hybridized carbons (Fsp3) is 0.333. The summed E-state index contributed by atoms with van der Waals surface area (Å²) in [7, 11) is 0. The van der Waals surface area contributed by atoms with Crippen LogP contribution in [0.2, 0.25) is 0 Å². The SMILES string of the molecule is CCOc1cncc(NCCc2ccc(Br)o2)n1. The number of aromatic nitrogens is 2. The molecule has 0 aliphatic heterocycles. The molecule has 0 aromatic carbocycles. The lowest BCUT2D eigenvalue weighted by atomic mass is 10.3. The maximum absolute atomic E-state index is 5.40. The quantitative estimate of drug-likeness (QED) is 0.889. The molecule has 2 aromatic rings. The zero-order valence-corrected chi connectivity index (χ0v) is 11.6. The molecule has 1 N–H and O–H groups in total. The number of hydrogen-bond donors (Lipinski definition) is 1. The largest absolute Gasteiger partial charge is 0.477 e. The molecule has 0 fully saturated rings. The monoisotopic (exact) mass is 311 g/mol. The van der Waals surface area contributed by atoms with E-state index < -0.39 is 0 Å². The highest BCUT2D eigenvalue weighted by Gasteiger charge is 2.01. The third kappa shape index (κ3) is 3.73. The van der Waals surface area contributed by atoms with Crippen LogP contribution in [0.15, 0.2) is 33.6 Å². The Morgan fingerprint density at radius 2 is 2.28 bits per heavy atom. The number of nitrogens with one attached hydrogen (secondary N) is 1. The molecule has 0 saturated heterocycles. The highest BCUT2D eigenvalue weighted by atomic mass is 79.9. The first-order valence-electron chi connectivity index (χ1n) is 5.71. The molecule has 96 valence electrons. The van der Waals surface area contributed by atoms with Crippen molar-refractivity contribution in [1.82, 2.24) is 9.97 Å². The van der Waals surface area contributed by atoms with Crippen LogP contribution in [0.3, 0.4) is 0 Å². The molecule has 0 unspecified atom stereocenters. The van der Waals surface area contributed by atoms with Crippen molar-refractivity contribution < 1.29 is 9.15 Å². The zero-order chi connectivity index (χ0) is 12.8. The van der Waals surface area contributed by atoms with Crippen LogP contribution in [-0.2, 0) is 6.42 Å². The summed E-state index contributed by atoms with van der Waals surface area (Å²) in [5.41, 5.74) is 0. The maximum atomic E-state index is 5.40. The van der Waals surface area contributed by atoms with Crippen molar-refractivity contribution in [1.29, 1.82) is 0 Å². The number of ether oxygens (including phenoxy) is 1. The average molecular weight is 312 g/mol. The average Bonchev–Trinajstić information content (AvgIpc) is 2.76. The second-order valence-electron chi connectivity index (χ2n) is 3.56. The Balaban J connectivity index is 1.84. The lowest BCUT2D eigenvalue weighted by Gasteiger charge is -2.06. The highest BCUT2D eigenvalue weighted by Crippen LogP contribution is 2.14. The minimum Gasteiger partial charge on any atom is -0.477 e. The van der Waals surface area contributed by atoms with Gasteiger partial charge in [0.1, 0.15) is 11.6 Å². The lowest BCUT2D eigenvalue weighted by Crippen LogP contribution is -2.07. The van der Waals surface area contributed by atoms with E-state index in [2.05, 4.69) is 31.2 Å². The third-order valence-corrected chi connectivity index (χ3v) is 2.64. The molecule has 0 aliphatic rings. The Hall–Kier alpha value is -1.56. The fourth-order valence-corrected chi connectivity index (χ4v) is 1.79. The summed E-state index contributed by atoms with van der Waals surface area (Å²) in [5, 5.41) is 3.17. The second kappa shape index (κ2) is 6.39. The molecule has 18 heavy (non-hydrogen) atoms. The van der Waals surface area contributed by atoms with Gasteiger partial charge in [0.25, 0.3) is 0 Å². The Morgan fingerprint density at radius 1 is 1.39 bits per heavy atom. The van der Waals surface area contributed by atoms with Crippen molar-refractivity contribution in [3.8, 4) is 5.88 Å². The molecule has 0 atom stereocenters. The van der Waals surface area contributed by atoms with Crippen LogP contribution in [-0.4, -0.2) is 23.1 Å². The van der Waals surface area contributed by atoms with Gasteiger partial charge in [0.2, 0.25) is 5.88 Å². The maximum Gasteiger partial charge on any atom is 0.234 e. The minimum atomic E-state index is 0.531. The first-order chi connectivity index (χ1) is 8.78. The molecule has 2 heterocycles. The van der Waals surface area contributed by atoms with E-state index in [1.54, 1.807) is 12.4 Å².